The van der Waals surface area contributed by atoms with Crippen LogP contribution >= 0.6 is 0 Å². The Hall–Kier alpha value is -0.703. The average molecular weight is 125 g/mol. The Labute approximate surface area is 51.0 Å². The molecule has 2 nitrogen and oxygen atoms in total. The van der Waals surface area contributed by atoms with Crippen LogP contribution < -0.4 is 4.43 Å². The zero-order chi connectivity index (χ0) is 5.98. The maximum Gasteiger partial charge on any atom is 0.345 e. The summed E-state index contributed by atoms with van der Waals surface area (Å²) in [5.41, 5.74) is 0.986. The van der Waals surface area contributed by atoms with Crippen molar-refractivity contribution < 1.29 is 8.84 Å². The van der Waals surface area contributed by atoms with Crippen molar-refractivity contribution in [2.24, 2.45) is 0 Å². The number of rotatable bonds is 1. The summed E-state index contributed by atoms with van der Waals surface area (Å²) >= 11 is 0. The molecule has 0 N–H and O–H groups in total. The van der Waals surface area contributed by atoms with Gasteiger partial charge in [-0.05, 0) is 13.0 Å². The molecule has 41 valence electrons. The van der Waals surface area contributed by atoms with E-state index in [1.807, 2.05) is 13.0 Å². The molecule has 1 heterocycles. The number of hydrogen-bond acceptors (Lipinski definition) is 2. The lowest BCUT2D eigenvalue weighted by Gasteiger charge is -1.90. The minimum atomic E-state index is 0.515. The second kappa shape index (κ2) is 2.04. The molecule has 0 saturated carbocycles. The second-order valence-electron chi connectivity index (χ2n) is 1.49. The van der Waals surface area contributed by atoms with Gasteiger partial charge in [0.05, 0.1) is 6.26 Å². The molecule has 1 rings (SSSR count). The molecule has 3 heteroatoms. The molecule has 0 aromatic carbocycles. The highest BCUT2D eigenvalue weighted by atomic mass is 28.2. The third kappa shape index (κ3) is 0.766. The summed E-state index contributed by atoms with van der Waals surface area (Å²) < 4.78 is 9.47. The first-order chi connectivity index (χ1) is 3.84. The van der Waals surface area contributed by atoms with E-state index in [1.54, 1.807) is 6.26 Å². The van der Waals surface area contributed by atoms with Gasteiger partial charge in [0.2, 0.25) is 0 Å². The zero-order valence-corrected chi connectivity index (χ0v) is 5.47. The van der Waals surface area contributed by atoms with E-state index in [1.165, 1.54) is 0 Å². The van der Waals surface area contributed by atoms with Crippen molar-refractivity contribution in [1.82, 2.24) is 0 Å². The van der Waals surface area contributed by atoms with Gasteiger partial charge in [0.1, 0.15) is 0 Å². The van der Waals surface area contributed by atoms with E-state index < -0.39 is 0 Å². The standard InChI is InChI=1S/C5H5O2Si/c1-4-2-3-6-5(4)7-8/h2-3H,1H3. The van der Waals surface area contributed by atoms with Crippen LogP contribution in [-0.2, 0) is 0 Å². The van der Waals surface area contributed by atoms with E-state index in [-0.39, 0.29) is 0 Å². The fourth-order valence-electron chi connectivity index (χ4n) is 0.463. The molecular formula is C5H5O2Si. The SMILES string of the molecule is Cc1ccoc1O[Si]. The summed E-state index contributed by atoms with van der Waals surface area (Å²) in [6, 6.07) is 1.83. The van der Waals surface area contributed by atoms with Gasteiger partial charge < -0.3 is 8.84 Å². The third-order valence-corrected chi connectivity index (χ3v) is 1.09. The van der Waals surface area contributed by atoms with Crippen molar-refractivity contribution in [3.8, 4) is 5.95 Å². The van der Waals surface area contributed by atoms with Crippen molar-refractivity contribution in [2.45, 2.75) is 6.92 Å². The summed E-state index contributed by atoms with van der Waals surface area (Å²) in [6.45, 7) is 1.90. The van der Waals surface area contributed by atoms with Gasteiger partial charge in [-0.15, -0.1) is 0 Å². The van der Waals surface area contributed by atoms with Crippen molar-refractivity contribution >= 4 is 10.5 Å². The summed E-state index contributed by atoms with van der Waals surface area (Å²) in [7, 11) is 2.84. The molecule has 0 unspecified atom stereocenters. The predicted molar refractivity (Wildman–Crippen MR) is 29.8 cm³/mol. The van der Waals surface area contributed by atoms with Gasteiger partial charge in [0, 0.05) is 5.56 Å². The molecule has 3 radical (unpaired) electrons. The smallest absolute Gasteiger partial charge is 0.345 e. The number of hydrogen-bond donors (Lipinski definition) is 0. The topological polar surface area (TPSA) is 22.4 Å². The van der Waals surface area contributed by atoms with E-state index in [2.05, 4.69) is 14.9 Å². The molecule has 0 aliphatic heterocycles. The molecule has 0 aliphatic rings. The molecule has 0 bridgehead atoms. The van der Waals surface area contributed by atoms with Crippen molar-refractivity contribution in [3.63, 3.8) is 0 Å². The summed E-state index contributed by atoms with van der Waals surface area (Å²) in [5.74, 6) is 0.515. The minimum absolute atomic E-state index is 0.515. The first-order valence-corrected chi connectivity index (χ1v) is 2.63. The Balaban J connectivity index is 2.92. The Morgan fingerprint density at radius 2 is 2.50 bits per heavy atom. The first kappa shape index (κ1) is 5.43. The summed E-state index contributed by atoms with van der Waals surface area (Å²) in [4.78, 5) is 0. The fraction of sp³-hybridized carbons (Fsp3) is 0.200. The van der Waals surface area contributed by atoms with E-state index in [9.17, 15) is 0 Å². The lowest BCUT2D eigenvalue weighted by atomic mass is 10.4. The van der Waals surface area contributed by atoms with Crippen molar-refractivity contribution in [1.29, 1.82) is 0 Å². The fourth-order valence-corrected chi connectivity index (χ4v) is 0.673. The summed E-state index contributed by atoms with van der Waals surface area (Å²) in [5, 5.41) is 0. The minimum Gasteiger partial charge on any atom is -0.515 e. The van der Waals surface area contributed by atoms with Gasteiger partial charge in [-0.3, -0.25) is 0 Å². The quantitative estimate of drug-likeness (QED) is 0.523. The average Bonchev–Trinajstić information content (AvgIpc) is 2.14. The number of aryl methyl sites for hydroxylation is 1. The van der Waals surface area contributed by atoms with Gasteiger partial charge >= 0.3 is 10.5 Å². The van der Waals surface area contributed by atoms with E-state index >= 15 is 0 Å². The van der Waals surface area contributed by atoms with Crippen molar-refractivity contribution in [3.05, 3.63) is 17.9 Å². The highest BCUT2D eigenvalue weighted by Crippen LogP contribution is 2.15. The van der Waals surface area contributed by atoms with Crippen LogP contribution in [0.5, 0.6) is 5.95 Å². The highest BCUT2D eigenvalue weighted by Gasteiger charge is 1.96. The Morgan fingerprint density at radius 3 is 2.75 bits per heavy atom. The first-order valence-electron chi connectivity index (χ1n) is 2.22. The Bertz CT molecular complexity index is 171. The maximum atomic E-state index is 4.84. The predicted octanol–water partition coefficient (Wildman–Crippen LogP) is 1.05. The van der Waals surface area contributed by atoms with Crippen LogP contribution in [0, 0.1) is 6.92 Å². The van der Waals surface area contributed by atoms with Crippen LogP contribution in [0.1, 0.15) is 5.56 Å². The molecule has 0 amide bonds. The van der Waals surface area contributed by atoms with Crippen LogP contribution in [0.3, 0.4) is 0 Å². The molecule has 1 aromatic rings. The molecule has 1 aromatic heterocycles. The second-order valence-corrected chi connectivity index (χ2v) is 1.70. The van der Waals surface area contributed by atoms with Gasteiger partial charge in [0.15, 0.2) is 0 Å². The van der Waals surface area contributed by atoms with Gasteiger partial charge in [-0.2, -0.15) is 0 Å². The Kier molecular flexibility index (Phi) is 1.39. The van der Waals surface area contributed by atoms with E-state index in [0.717, 1.165) is 5.56 Å². The Morgan fingerprint density at radius 1 is 1.75 bits per heavy atom. The maximum absolute atomic E-state index is 4.84. The molecule has 0 aliphatic carbocycles. The van der Waals surface area contributed by atoms with Crippen LogP contribution in [-0.4, -0.2) is 10.5 Å². The lowest BCUT2D eigenvalue weighted by Crippen LogP contribution is -1.82. The molecule has 0 fully saturated rings. The van der Waals surface area contributed by atoms with Gasteiger partial charge in [-0.25, -0.2) is 0 Å². The van der Waals surface area contributed by atoms with E-state index in [0.29, 0.717) is 5.95 Å². The van der Waals surface area contributed by atoms with Gasteiger partial charge in [0.25, 0.3) is 5.95 Å². The highest BCUT2D eigenvalue weighted by molar-refractivity contribution is 5.99. The lowest BCUT2D eigenvalue weighted by molar-refractivity contribution is 0.406. The molecule has 0 saturated heterocycles. The molecule has 0 atom stereocenters. The van der Waals surface area contributed by atoms with Crippen LogP contribution in [0.15, 0.2) is 16.7 Å². The van der Waals surface area contributed by atoms with Gasteiger partial charge in [-0.1, -0.05) is 0 Å². The molecular weight excluding hydrogens is 120 g/mol. The monoisotopic (exact) mass is 125 g/mol. The normalized spacial score (nSPS) is 9.25. The van der Waals surface area contributed by atoms with Crippen LogP contribution in [0.2, 0.25) is 0 Å². The number of furan rings is 1. The zero-order valence-electron chi connectivity index (χ0n) is 4.47. The summed E-state index contributed by atoms with van der Waals surface area (Å²) in [6.07, 6.45) is 1.57. The third-order valence-electron chi connectivity index (χ3n) is 0.908. The van der Waals surface area contributed by atoms with E-state index in [4.69, 9.17) is 4.42 Å². The van der Waals surface area contributed by atoms with Crippen LogP contribution in [0.25, 0.3) is 0 Å². The van der Waals surface area contributed by atoms with Crippen LogP contribution in [0.4, 0.5) is 0 Å². The molecule has 0 spiro atoms. The van der Waals surface area contributed by atoms with Crippen molar-refractivity contribution in [2.75, 3.05) is 0 Å². The largest absolute Gasteiger partial charge is 0.515 e. The molecule has 8 heavy (non-hydrogen) atoms.